The summed E-state index contributed by atoms with van der Waals surface area (Å²) in [5.74, 6) is 1.96. The highest BCUT2D eigenvalue weighted by atomic mass is 16.5. The summed E-state index contributed by atoms with van der Waals surface area (Å²) >= 11 is 0. The lowest BCUT2D eigenvalue weighted by atomic mass is 10.1. The summed E-state index contributed by atoms with van der Waals surface area (Å²) in [4.78, 5) is 0. The van der Waals surface area contributed by atoms with Crippen molar-refractivity contribution in [2.75, 3.05) is 13.7 Å². The molecular weight excluding hydrogens is 216 g/mol. The van der Waals surface area contributed by atoms with Crippen LogP contribution >= 0.6 is 0 Å². The fraction of sp³-hybridized carbons (Fsp3) is 0.462. The van der Waals surface area contributed by atoms with Crippen LogP contribution in [0, 0.1) is 11.3 Å². The molecule has 0 heterocycles. The van der Waals surface area contributed by atoms with Gasteiger partial charge in [-0.3, -0.25) is 5.41 Å². The molecule has 4 nitrogen and oxygen atoms in total. The van der Waals surface area contributed by atoms with Crippen molar-refractivity contribution in [1.82, 2.24) is 0 Å². The Kier molecular flexibility index (Phi) is 4.82. The average molecular weight is 236 g/mol. The van der Waals surface area contributed by atoms with Crippen molar-refractivity contribution in [2.24, 2.45) is 11.7 Å². The van der Waals surface area contributed by atoms with Crippen molar-refractivity contribution in [3.63, 3.8) is 0 Å². The van der Waals surface area contributed by atoms with Gasteiger partial charge in [-0.25, -0.2) is 0 Å². The molecule has 94 valence electrons. The molecule has 0 fully saturated rings. The number of methoxy groups -OCH3 is 1. The van der Waals surface area contributed by atoms with Gasteiger partial charge in [-0.15, -0.1) is 0 Å². The number of hydrogen-bond acceptors (Lipinski definition) is 3. The number of amidine groups is 1. The highest BCUT2D eigenvalue weighted by molar-refractivity contribution is 5.95. The van der Waals surface area contributed by atoms with Gasteiger partial charge in [0, 0.05) is 11.6 Å². The van der Waals surface area contributed by atoms with Crippen LogP contribution < -0.4 is 15.2 Å². The normalized spacial score (nSPS) is 10.4. The first kappa shape index (κ1) is 13.4. The molecule has 0 amide bonds. The summed E-state index contributed by atoms with van der Waals surface area (Å²) < 4.78 is 10.8. The molecule has 17 heavy (non-hydrogen) atoms. The zero-order valence-corrected chi connectivity index (χ0v) is 10.6. The third kappa shape index (κ3) is 4.34. The molecule has 1 rings (SSSR count). The van der Waals surface area contributed by atoms with E-state index in [1.807, 2.05) is 0 Å². The largest absolute Gasteiger partial charge is 0.497 e. The van der Waals surface area contributed by atoms with Crippen LogP contribution in [-0.2, 0) is 0 Å². The second-order valence-corrected chi connectivity index (χ2v) is 4.34. The molecule has 0 aromatic heterocycles. The van der Waals surface area contributed by atoms with Crippen molar-refractivity contribution in [3.05, 3.63) is 23.8 Å². The monoisotopic (exact) mass is 236 g/mol. The van der Waals surface area contributed by atoms with Crippen LogP contribution in [0.1, 0.15) is 25.8 Å². The first-order valence-electron chi connectivity index (χ1n) is 5.69. The van der Waals surface area contributed by atoms with E-state index in [1.165, 1.54) is 0 Å². The number of benzene rings is 1. The smallest absolute Gasteiger partial charge is 0.123 e. The minimum atomic E-state index is 0.0117. The third-order valence-electron chi connectivity index (χ3n) is 2.39. The fourth-order valence-corrected chi connectivity index (χ4v) is 1.34. The van der Waals surface area contributed by atoms with Gasteiger partial charge in [-0.05, 0) is 24.5 Å². The molecule has 1 aromatic rings. The molecule has 0 bridgehead atoms. The maximum absolute atomic E-state index is 7.42. The summed E-state index contributed by atoms with van der Waals surface area (Å²) in [6.45, 7) is 4.95. The Morgan fingerprint density at radius 2 is 1.94 bits per heavy atom. The number of ether oxygens (including phenoxy) is 2. The minimum absolute atomic E-state index is 0.0117. The van der Waals surface area contributed by atoms with Gasteiger partial charge in [0.25, 0.3) is 0 Å². The molecule has 0 saturated carbocycles. The van der Waals surface area contributed by atoms with Crippen LogP contribution in [0.3, 0.4) is 0 Å². The molecule has 0 unspecified atom stereocenters. The van der Waals surface area contributed by atoms with Gasteiger partial charge < -0.3 is 15.2 Å². The van der Waals surface area contributed by atoms with Crippen molar-refractivity contribution in [1.29, 1.82) is 5.41 Å². The number of nitrogens with one attached hydrogen (secondary N) is 1. The van der Waals surface area contributed by atoms with Gasteiger partial charge in [-0.2, -0.15) is 0 Å². The molecule has 0 aliphatic heterocycles. The van der Waals surface area contributed by atoms with E-state index in [4.69, 9.17) is 20.6 Å². The Morgan fingerprint density at radius 1 is 1.29 bits per heavy atom. The fourth-order valence-electron chi connectivity index (χ4n) is 1.34. The van der Waals surface area contributed by atoms with Gasteiger partial charge in [0.05, 0.1) is 13.7 Å². The Morgan fingerprint density at radius 3 is 2.47 bits per heavy atom. The van der Waals surface area contributed by atoms with Crippen molar-refractivity contribution in [2.45, 2.75) is 20.3 Å². The molecule has 4 heteroatoms. The number of rotatable bonds is 6. The lowest BCUT2D eigenvalue weighted by Gasteiger charge is -2.11. The highest BCUT2D eigenvalue weighted by Crippen LogP contribution is 2.22. The van der Waals surface area contributed by atoms with Crippen LogP contribution in [0.15, 0.2) is 18.2 Å². The van der Waals surface area contributed by atoms with Gasteiger partial charge in [0.2, 0.25) is 0 Å². The maximum Gasteiger partial charge on any atom is 0.123 e. The van der Waals surface area contributed by atoms with Crippen molar-refractivity contribution in [3.8, 4) is 11.5 Å². The summed E-state index contributed by atoms with van der Waals surface area (Å²) in [5.41, 5.74) is 6.07. The van der Waals surface area contributed by atoms with Crippen LogP contribution in [0.25, 0.3) is 0 Å². The quantitative estimate of drug-likeness (QED) is 0.588. The van der Waals surface area contributed by atoms with E-state index >= 15 is 0 Å². The van der Waals surface area contributed by atoms with Gasteiger partial charge >= 0.3 is 0 Å². The number of hydrogen-bond donors (Lipinski definition) is 2. The summed E-state index contributed by atoms with van der Waals surface area (Å²) in [6, 6.07) is 5.27. The average Bonchev–Trinajstić information content (AvgIpc) is 2.28. The van der Waals surface area contributed by atoms with E-state index in [2.05, 4.69) is 13.8 Å². The topological polar surface area (TPSA) is 68.3 Å². The first-order valence-corrected chi connectivity index (χ1v) is 5.69. The van der Waals surface area contributed by atoms with Crippen molar-refractivity contribution >= 4 is 5.84 Å². The van der Waals surface area contributed by atoms with Crippen LogP contribution in [0.2, 0.25) is 0 Å². The molecule has 0 atom stereocenters. The Labute approximate surface area is 102 Å². The van der Waals surface area contributed by atoms with E-state index in [0.717, 1.165) is 6.42 Å². The minimum Gasteiger partial charge on any atom is -0.497 e. The molecule has 0 aliphatic rings. The van der Waals surface area contributed by atoms with E-state index in [1.54, 1.807) is 25.3 Å². The molecule has 0 aliphatic carbocycles. The van der Waals surface area contributed by atoms with Gasteiger partial charge in [0.15, 0.2) is 0 Å². The lowest BCUT2D eigenvalue weighted by Crippen LogP contribution is -2.11. The standard InChI is InChI=1S/C13H20N2O2/c1-9(2)4-5-17-12-7-10(13(14)15)6-11(8-12)16-3/h6-9H,4-5H2,1-3H3,(H3,14,15). The van der Waals surface area contributed by atoms with Crippen molar-refractivity contribution < 1.29 is 9.47 Å². The SMILES string of the molecule is COc1cc(OCCC(C)C)cc(C(=N)N)c1. The molecular formula is C13H20N2O2. The second-order valence-electron chi connectivity index (χ2n) is 4.34. The van der Waals surface area contributed by atoms with Crippen LogP contribution in [0.5, 0.6) is 11.5 Å². The zero-order chi connectivity index (χ0) is 12.8. The predicted molar refractivity (Wildman–Crippen MR) is 69.0 cm³/mol. The Hall–Kier alpha value is -1.71. The predicted octanol–water partition coefficient (Wildman–Crippen LogP) is 2.40. The van der Waals surface area contributed by atoms with Gasteiger partial charge in [0.1, 0.15) is 17.3 Å². The molecule has 0 saturated heterocycles. The maximum atomic E-state index is 7.42. The first-order chi connectivity index (χ1) is 8.02. The highest BCUT2D eigenvalue weighted by Gasteiger charge is 2.05. The Balaban J connectivity index is 2.76. The second kappa shape index (κ2) is 6.13. The molecule has 1 aromatic carbocycles. The molecule has 0 radical (unpaired) electrons. The Bertz CT molecular complexity index is 389. The summed E-state index contributed by atoms with van der Waals surface area (Å²) in [6.07, 6.45) is 0.993. The van der Waals surface area contributed by atoms with E-state index in [9.17, 15) is 0 Å². The van der Waals surface area contributed by atoms with E-state index in [-0.39, 0.29) is 5.84 Å². The summed E-state index contributed by atoms with van der Waals surface area (Å²) in [7, 11) is 1.58. The lowest BCUT2D eigenvalue weighted by molar-refractivity contribution is 0.287. The number of nitrogens with two attached hydrogens (primary N) is 1. The summed E-state index contributed by atoms with van der Waals surface area (Å²) in [5, 5.41) is 7.42. The molecule has 3 N–H and O–H groups in total. The third-order valence-corrected chi connectivity index (χ3v) is 2.39. The van der Waals surface area contributed by atoms with Crippen LogP contribution in [0.4, 0.5) is 0 Å². The zero-order valence-electron chi connectivity index (χ0n) is 10.6. The van der Waals surface area contributed by atoms with E-state index < -0.39 is 0 Å². The number of nitrogen functional groups attached to an aromatic ring is 1. The van der Waals surface area contributed by atoms with Gasteiger partial charge in [-0.1, -0.05) is 13.8 Å². The van der Waals surface area contributed by atoms with E-state index in [0.29, 0.717) is 29.6 Å². The molecule has 0 spiro atoms. The van der Waals surface area contributed by atoms with Crippen LogP contribution in [-0.4, -0.2) is 19.6 Å².